The Morgan fingerprint density at radius 3 is 2.67 bits per heavy atom. The maximum Gasteiger partial charge on any atom is 0.119 e. The third kappa shape index (κ3) is 4.15. The fraction of sp³-hybridized carbons (Fsp3) is 0.250. The summed E-state index contributed by atoms with van der Waals surface area (Å²) in [5.74, 6) is 1.31. The van der Waals surface area contributed by atoms with E-state index in [9.17, 15) is 4.21 Å². The average Bonchev–Trinajstić information content (AvgIpc) is 2.52. The zero-order chi connectivity index (χ0) is 15.2. The minimum Gasteiger partial charge on any atom is -0.497 e. The molecule has 0 amide bonds. The Hall–Kier alpha value is -1.17. The van der Waals surface area contributed by atoms with E-state index in [0.717, 1.165) is 20.7 Å². The van der Waals surface area contributed by atoms with Crippen molar-refractivity contribution in [3.63, 3.8) is 0 Å². The molecule has 0 aliphatic rings. The quantitative estimate of drug-likeness (QED) is 0.848. The third-order valence-corrected chi connectivity index (χ3v) is 5.68. The van der Waals surface area contributed by atoms with E-state index in [2.05, 4.69) is 21.2 Å². The first-order valence-electron chi connectivity index (χ1n) is 6.60. The normalized spacial score (nSPS) is 13.7. The number of ether oxygens (including phenoxy) is 1. The van der Waals surface area contributed by atoms with Gasteiger partial charge in [-0.1, -0.05) is 24.3 Å². The van der Waals surface area contributed by atoms with E-state index in [-0.39, 0.29) is 6.04 Å². The third-order valence-electron chi connectivity index (χ3n) is 3.24. The van der Waals surface area contributed by atoms with Crippen molar-refractivity contribution in [2.75, 3.05) is 19.9 Å². The van der Waals surface area contributed by atoms with Gasteiger partial charge in [0.1, 0.15) is 5.75 Å². The minimum atomic E-state index is -1.08. The molecule has 2 rings (SSSR count). The molecule has 21 heavy (non-hydrogen) atoms. The lowest BCUT2D eigenvalue weighted by atomic mass is 10.1. The van der Waals surface area contributed by atoms with E-state index in [1.54, 1.807) is 7.11 Å². The van der Waals surface area contributed by atoms with Crippen molar-refractivity contribution in [3.8, 4) is 5.75 Å². The van der Waals surface area contributed by atoms with Crippen LogP contribution in [0.4, 0.5) is 0 Å². The maximum absolute atomic E-state index is 12.6. The highest BCUT2D eigenvalue weighted by atomic mass is 79.9. The summed E-state index contributed by atoms with van der Waals surface area (Å²) in [6, 6.07) is 15.5. The molecule has 0 bridgehead atoms. The van der Waals surface area contributed by atoms with Crippen molar-refractivity contribution in [2.24, 2.45) is 0 Å². The summed E-state index contributed by atoms with van der Waals surface area (Å²) >= 11 is 3.45. The predicted molar refractivity (Wildman–Crippen MR) is 90.2 cm³/mol. The number of hydrogen-bond donors (Lipinski definition) is 1. The zero-order valence-electron chi connectivity index (χ0n) is 12.0. The summed E-state index contributed by atoms with van der Waals surface area (Å²) < 4.78 is 18.7. The van der Waals surface area contributed by atoms with Crippen LogP contribution < -0.4 is 10.1 Å². The molecule has 0 radical (unpaired) electrons. The molecule has 0 spiro atoms. The second kappa shape index (κ2) is 7.73. The maximum atomic E-state index is 12.6. The van der Waals surface area contributed by atoms with Crippen LogP contribution in [0, 0.1) is 0 Å². The van der Waals surface area contributed by atoms with Gasteiger partial charge in [0.05, 0.1) is 22.8 Å². The molecule has 0 saturated carbocycles. The molecular formula is C16H18BrNO2S. The summed E-state index contributed by atoms with van der Waals surface area (Å²) in [6.45, 7) is 0. The van der Waals surface area contributed by atoms with Gasteiger partial charge < -0.3 is 10.1 Å². The SMILES string of the molecule is CNC(CS(=O)c1ccccc1Br)c1cccc(OC)c1. The van der Waals surface area contributed by atoms with Crippen LogP contribution in [0.3, 0.4) is 0 Å². The van der Waals surface area contributed by atoms with Crippen LogP contribution in [0.1, 0.15) is 11.6 Å². The Bertz CT molecular complexity index is 633. The molecule has 0 aliphatic heterocycles. The van der Waals surface area contributed by atoms with Gasteiger partial charge in [0.2, 0.25) is 0 Å². The van der Waals surface area contributed by atoms with Crippen molar-refractivity contribution < 1.29 is 8.95 Å². The Balaban J connectivity index is 2.19. The molecule has 112 valence electrons. The van der Waals surface area contributed by atoms with Gasteiger partial charge in [0.25, 0.3) is 0 Å². The number of hydrogen-bond acceptors (Lipinski definition) is 3. The van der Waals surface area contributed by atoms with Gasteiger partial charge in [-0.2, -0.15) is 0 Å². The lowest BCUT2D eigenvalue weighted by molar-refractivity contribution is 0.413. The molecule has 0 aliphatic carbocycles. The smallest absolute Gasteiger partial charge is 0.119 e. The van der Waals surface area contributed by atoms with Crippen LogP contribution in [0.5, 0.6) is 5.75 Å². The van der Waals surface area contributed by atoms with Crippen LogP contribution in [0.2, 0.25) is 0 Å². The molecule has 2 unspecified atom stereocenters. The van der Waals surface area contributed by atoms with Gasteiger partial charge in [-0.15, -0.1) is 0 Å². The average molecular weight is 368 g/mol. The second-order valence-corrected chi connectivity index (χ2v) is 6.88. The Morgan fingerprint density at radius 2 is 2.00 bits per heavy atom. The Kier molecular flexibility index (Phi) is 5.96. The molecular weight excluding hydrogens is 350 g/mol. The molecule has 0 heterocycles. The molecule has 0 aromatic heterocycles. The largest absolute Gasteiger partial charge is 0.497 e. The first kappa shape index (κ1) is 16.2. The number of rotatable bonds is 6. The van der Waals surface area contributed by atoms with Crippen molar-refractivity contribution in [1.29, 1.82) is 0 Å². The molecule has 0 saturated heterocycles. The Morgan fingerprint density at radius 1 is 1.24 bits per heavy atom. The molecule has 1 N–H and O–H groups in total. The molecule has 2 aromatic carbocycles. The van der Waals surface area contributed by atoms with E-state index in [0.29, 0.717) is 5.75 Å². The van der Waals surface area contributed by atoms with E-state index < -0.39 is 10.8 Å². The van der Waals surface area contributed by atoms with Gasteiger partial charge in [0, 0.05) is 16.3 Å². The summed E-state index contributed by atoms with van der Waals surface area (Å²) in [7, 11) is 2.44. The highest BCUT2D eigenvalue weighted by Crippen LogP contribution is 2.24. The van der Waals surface area contributed by atoms with Gasteiger partial charge in [-0.3, -0.25) is 4.21 Å². The second-order valence-electron chi connectivity index (χ2n) is 4.56. The summed E-state index contributed by atoms with van der Waals surface area (Å²) in [5, 5.41) is 3.23. The topological polar surface area (TPSA) is 38.3 Å². The van der Waals surface area contributed by atoms with E-state index in [4.69, 9.17) is 4.74 Å². The van der Waals surface area contributed by atoms with Crippen LogP contribution in [0.15, 0.2) is 57.9 Å². The van der Waals surface area contributed by atoms with Gasteiger partial charge in [0.15, 0.2) is 0 Å². The van der Waals surface area contributed by atoms with Crippen LogP contribution in [-0.4, -0.2) is 24.1 Å². The monoisotopic (exact) mass is 367 g/mol. The minimum absolute atomic E-state index is 0.00744. The molecule has 0 fully saturated rings. The van der Waals surface area contributed by atoms with Gasteiger partial charge in [-0.25, -0.2) is 0 Å². The standard InChI is InChI=1S/C16H18BrNO2S/c1-18-15(12-6-5-7-13(10-12)20-2)11-21(19)16-9-4-3-8-14(16)17/h3-10,15,18H,11H2,1-2H3. The number of halogens is 1. The van der Waals surface area contributed by atoms with Crippen molar-refractivity contribution in [1.82, 2.24) is 5.32 Å². The number of methoxy groups -OCH3 is 1. The first-order valence-corrected chi connectivity index (χ1v) is 8.71. The van der Waals surface area contributed by atoms with Crippen LogP contribution in [0.25, 0.3) is 0 Å². The molecule has 2 aromatic rings. The number of nitrogens with one attached hydrogen (secondary N) is 1. The zero-order valence-corrected chi connectivity index (χ0v) is 14.4. The first-order chi connectivity index (χ1) is 10.2. The van der Waals surface area contributed by atoms with Gasteiger partial charge in [-0.05, 0) is 52.8 Å². The highest BCUT2D eigenvalue weighted by Gasteiger charge is 2.16. The lowest BCUT2D eigenvalue weighted by Gasteiger charge is -2.17. The van der Waals surface area contributed by atoms with Crippen LogP contribution in [-0.2, 0) is 10.8 Å². The predicted octanol–water partition coefficient (Wildman–Crippen LogP) is 3.53. The van der Waals surface area contributed by atoms with Crippen molar-refractivity contribution in [2.45, 2.75) is 10.9 Å². The fourth-order valence-electron chi connectivity index (χ4n) is 2.08. The number of benzene rings is 2. The molecule has 2 atom stereocenters. The van der Waals surface area contributed by atoms with E-state index >= 15 is 0 Å². The summed E-state index contributed by atoms with van der Waals surface area (Å²) in [4.78, 5) is 0.820. The summed E-state index contributed by atoms with van der Waals surface area (Å²) in [6.07, 6.45) is 0. The fourth-order valence-corrected chi connectivity index (χ4v) is 4.26. The highest BCUT2D eigenvalue weighted by molar-refractivity contribution is 9.10. The van der Waals surface area contributed by atoms with E-state index in [1.807, 2.05) is 55.6 Å². The molecule has 3 nitrogen and oxygen atoms in total. The van der Waals surface area contributed by atoms with Crippen molar-refractivity contribution in [3.05, 3.63) is 58.6 Å². The van der Waals surface area contributed by atoms with Crippen molar-refractivity contribution >= 4 is 26.7 Å². The lowest BCUT2D eigenvalue weighted by Crippen LogP contribution is -2.22. The Labute approximate surface area is 136 Å². The van der Waals surface area contributed by atoms with E-state index in [1.165, 1.54) is 0 Å². The molecule has 5 heteroatoms. The van der Waals surface area contributed by atoms with Gasteiger partial charge >= 0.3 is 0 Å². The summed E-state index contributed by atoms with van der Waals surface area (Å²) in [5.41, 5.74) is 1.07. The van der Waals surface area contributed by atoms with Crippen LogP contribution >= 0.6 is 15.9 Å².